The summed E-state index contributed by atoms with van der Waals surface area (Å²) >= 11 is 5.83. The van der Waals surface area contributed by atoms with Crippen molar-refractivity contribution in [3.05, 3.63) is 34.9 Å². The van der Waals surface area contributed by atoms with Crippen LogP contribution in [0.2, 0.25) is 5.02 Å². The molecule has 0 unspecified atom stereocenters. The van der Waals surface area contributed by atoms with E-state index >= 15 is 0 Å². The Labute approximate surface area is 89.7 Å². The van der Waals surface area contributed by atoms with Crippen LogP contribution in [0, 0.1) is 0 Å². The molecule has 0 amide bonds. The lowest BCUT2D eigenvalue weighted by atomic mass is 10.1. The molecule has 2 rings (SSSR count). The largest absolute Gasteiger partial charge is 0.314 e. The normalized spacial score (nSPS) is 22.2. The number of hydrogen-bond donors (Lipinski definition) is 2. The van der Waals surface area contributed by atoms with Crippen LogP contribution in [0.4, 0.5) is 0 Å². The van der Waals surface area contributed by atoms with Crippen molar-refractivity contribution in [1.82, 2.24) is 10.6 Å². The third-order valence-corrected chi connectivity index (χ3v) is 2.77. The third-order valence-electron chi connectivity index (χ3n) is 2.52. The van der Waals surface area contributed by atoms with E-state index in [1.807, 2.05) is 12.1 Å². The predicted octanol–water partition coefficient (Wildman–Crippen LogP) is 1.44. The number of halogens is 1. The van der Waals surface area contributed by atoms with E-state index in [1.54, 1.807) is 0 Å². The summed E-state index contributed by atoms with van der Waals surface area (Å²) in [4.78, 5) is 0. The van der Waals surface area contributed by atoms with Gasteiger partial charge < -0.3 is 10.6 Å². The van der Waals surface area contributed by atoms with E-state index in [1.165, 1.54) is 5.56 Å². The van der Waals surface area contributed by atoms with Crippen LogP contribution >= 0.6 is 11.6 Å². The lowest BCUT2D eigenvalue weighted by Gasteiger charge is -2.24. The van der Waals surface area contributed by atoms with Gasteiger partial charge in [0.1, 0.15) is 0 Å². The van der Waals surface area contributed by atoms with Gasteiger partial charge in [-0.15, -0.1) is 0 Å². The first-order valence-electron chi connectivity index (χ1n) is 5.03. The monoisotopic (exact) mass is 210 g/mol. The average molecular weight is 211 g/mol. The first kappa shape index (κ1) is 9.97. The van der Waals surface area contributed by atoms with Crippen molar-refractivity contribution in [3.8, 4) is 0 Å². The second-order valence-electron chi connectivity index (χ2n) is 3.69. The zero-order chi connectivity index (χ0) is 9.80. The number of rotatable bonds is 2. The minimum Gasteiger partial charge on any atom is -0.314 e. The number of piperazine rings is 1. The number of hydrogen-bond acceptors (Lipinski definition) is 2. The quantitative estimate of drug-likeness (QED) is 0.772. The van der Waals surface area contributed by atoms with Crippen LogP contribution in [0.15, 0.2) is 24.3 Å². The summed E-state index contributed by atoms with van der Waals surface area (Å²) in [5.41, 5.74) is 1.34. The second-order valence-corrected chi connectivity index (χ2v) is 4.12. The van der Waals surface area contributed by atoms with E-state index in [4.69, 9.17) is 11.6 Å². The topological polar surface area (TPSA) is 24.1 Å². The first-order chi connectivity index (χ1) is 6.84. The summed E-state index contributed by atoms with van der Waals surface area (Å²) in [6.07, 6.45) is 1.07. The molecule has 0 spiro atoms. The van der Waals surface area contributed by atoms with Crippen LogP contribution in [0.3, 0.4) is 0 Å². The Morgan fingerprint density at radius 1 is 1.21 bits per heavy atom. The highest BCUT2D eigenvalue weighted by atomic mass is 35.5. The molecule has 0 bridgehead atoms. The molecule has 0 radical (unpaired) electrons. The summed E-state index contributed by atoms with van der Waals surface area (Å²) in [6, 6.07) is 8.65. The smallest absolute Gasteiger partial charge is 0.0406 e. The molecule has 3 heteroatoms. The standard InChI is InChI=1S/C11H15ClN2/c12-10-3-1-9(2-4-10)7-11-8-13-5-6-14-11/h1-4,11,13-14H,5-8H2/t11-/m1/s1. The molecule has 1 heterocycles. The summed E-state index contributed by atoms with van der Waals surface area (Å²) in [6.45, 7) is 3.21. The maximum Gasteiger partial charge on any atom is 0.0406 e. The first-order valence-corrected chi connectivity index (χ1v) is 5.41. The van der Waals surface area contributed by atoms with E-state index in [9.17, 15) is 0 Å². The summed E-state index contributed by atoms with van der Waals surface area (Å²) in [5, 5.41) is 7.67. The van der Waals surface area contributed by atoms with Gasteiger partial charge in [-0.3, -0.25) is 0 Å². The highest BCUT2D eigenvalue weighted by Gasteiger charge is 2.11. The van der Waals surface area contributed by atoms with E-state index in [0.29, 0.717) is 6.04 Å². The zero-order valence-corrected chi connectivity index (χ0v) is 8.85. The zero-order valence-electron chi connectivity index (χ0n) is 8.09. The van der Waals surface area contributed by atoms with Gasteiger partial charge in [-0.2, -0.15) is 0 Å². The highest BCUT2D eigenvalue weighted by molar-refractivity contribution is 6.30. The lowest BCUT2D eigenvalue weighted by Crippen LogP contribution is -2.49. The van der Waals surface area contributed by atoms with E-state index < -0.39 is 0 Å². The van der Waals surface area contributed by atoms with Crippen molar-refractivity contribution < 1.29 is 0 Å². The number of nitrogens with one attached hydrogen (secondary N) is 2. The molecule has 2 nitrogen and oxygen atoms in total. The number of benzene rings is 1. The van der Waals surface area contributed by atoms with Gasteiger partial charge in [0.2, 0.25) is 0 Å². The van der Waals surface area contributed by atoms with Crippen molar-refractivity contribution in [3.63, 3.8) is 0 Å². The maximum absolute atomic E-state index is 5.83. The van der Waals surface area contributed by atoms with Crippen molar-refractivity contribution in [2.75, 3.05) is 19.6 Å². The molecule has 0 aromatic heterocycles. The molecule has 0 saturated carbocycles. The predicted molar refractivity (Wildman–Crippen MR) is 59.8 cm³/mol. The van der Waals surface area contributed by atoms with E-state index in [2.05, 4.69) is 22.8 Å². The Morgan fingerprint density at radius 2 is 2.00 bits per heavy atom. The second kappa shape index (κ2) is 4.78. The minimum absolute atomic E-state index is 0.560. The van der Waals surface area contributed by atoms with Gasteiger partial charge in [-0.1, -0.05) is 23.7 Å². The molecule has 2 N–H and O–H groups in total. The van der Waals surface area contributed by atoms with Crippen molar-refractivity contribution in [1.29, 1.82) is 0 Å². The van der Waals surface area contributed by atoms with Gasteiger partial charge in [-0.25, -0.2) is 0 Å². The average Bonchev–Trinajstić information content (AvgIpc) is 2.23. The molecule has 1 atom stereocenters. The fourth-order valence-electron chi connectivity index (χ4n) is 1.76. The summed E-state index contributed by atoms with van der Waals surface area (Å²) in [5.74, 6) is 0. The van der Waals surface area contributed by atoms with Crippen molar-refractivity contribution in [2.24, 2.45) is 0 Å². The molecule has 1 aromatic rings. The molecular formula is C11H15ClN2. The van der Waals surface area contributed by atoms with Crippen LogP contribution in [0.5, 0.6) is 0 Å². The Morgan fingerprint density at radius 3 is 2.64 bits per heavy atom. The van der Waals surface area contributed by atoms with Gasteiger partial charge in [0.05, 0.1) is 0 Å². The molecule has 1 fully saturated rings. The third kappa shape index (κ3) is 2.71. The molecule has 76 valence electrons. The van der Waals surface area contributed by atoms with Crippen LogP contribution in [-0.2, 0) is 6.42 Å². The molecular weight excluding hydrogens is 196 g/mol. The lowest BCUT2D eigenvalue weighted by molar-refractivity contribution is 0.416. The molecule has 1 aliphatic rings. The van der Waals surface area contributed by atoms with Crippen LogP contribution < -0.4 is 10.6 Å². The van der Waals surface area contributed by atoms with Gasteiger partial charge in [0.15, 0.2) is 0 Å². The van der Waals surface area contributed by atoms with Gasteiger partial charge in [0.25, 0.3) is 0 Å². The molecule has 1 saturated heterocycles. The van der Waals surface area contributed by atoms with Crippen LogP contribution in [0.1, 0.15) is 5.56 Å². The van der Waals surface area contributed by atoms with Gasteiger partial charge >= 0.3 is 0 Å². The Kier molecular flexibility index (Phi) is 3.40. The highest BCUT2D eigenvalue weighted by Crippen LogP contribution is 2.11. The summed E-state index contributed by atoms with van der Waals surface area (Å²) in [7, 11) is 0. The van der Waals surface area contributed by atoms with Crippen LogP contribution in [0.25, 0.3) is 0 Å². The maximum atomic E-state index is 5.83. The molecule has 14 heavy (non-hydrogen) atoms. The minimum atomic E-state index is 0.560. The molecule has 1 aliphatic heterocycles. The fraction of sp³-hybridized carbons (Fsp3) is 0.455. The fourth-order valence-corrected chi connectivity index (χ4v) is 1.89. The molecule has 1 aromatic carbocycles. The Hall–Kier alpha value is -0.570. The SMILES string of the molecule is Clc1ccc(C[C@@H]2CNCCN2)cc1. The Bertz CT molecular complexity index is 278. The van der Waals surface area contributed by atoms with Gasteiger partial charge in [-0.05, 0) is 24.1 Å². The molecule has 0 aliphatic carbocycles. The van der Waals surface area contributed by atoms with E-state index in [0.717, 1.165) is 31.1 Å². The van der Waals surface area contributed by atoms with Crippen molar-refractivity contribution >= 4 is 11.6 Å². The van der Waals surface area contributed by atoms with E-state index in [-0.39, 0.29) is 0 Å². The van der Waals surface area contributed by atoms with Crippen molar-refractivity contribution in [2.45, 2.75) is 12.5 Å². The summed E-state index contributed by atoms with van der Waals surface area (Å²) < 4.78 is 0. The Balaban J connectivity index is 1.92. The van der Waals surface area contributed by atoms with Gasteiger partial charge in [0, 0.05) is 30.7 Å². The van der Waals surface area contributed by atoms with Crippen LogP contribution in [-0.4, -0.2) is 25.7 Å².